The largest absolute Gasteiger partial charge is 0.378 e. The van der Waals surface area contributed by atoms with Gasteiger partial charge in [-0.3, -0.25) is 4.79 Å². The predicted molar refractivity (Wildman–Crippen MR) is 126 cm³/mol. The Morgan fingerprint density at radius 3 is 2.73 bits per heavy atom. The Morgan fingerprint density at radius 1 is 1.33 bits per heavy atom. The van der Waals surface area contributed by atoms with Crippen molar-refractivity contribution in [2.24, 2.45) is 10.2 Å². The lowest BCUT2D eigenvalue weighted by atomic mass is 10.2. The van der Waals surface area contributed by atoms with Gasteiger partial charge in [-0.05, 0) is 32.0 Å². The van der Waals surface area contributed by atoms with E-state index in [1.807, 2.05) is 26.0 Å². The van der Waals surface area contributed by atoms with Gasteiger partial charge in [0.05, 0.1) is 37.1 Å². The second kappa shape index (κ2) is 12.3. The van der Waals surface area contributed by atoms with Crippen molar-refractivity contribution in [3.05, 3.63) is 18.2 Å². The maximum atomic E-state index is 11.9. The number of rotatable bonds is 12. The second-order valence-electron chi connectivity index (χ2n) is 6.95. The van der Waals surface area contributed by atoms with Gasteiger partial charge in [0.2, 0.25) is 20.1 Å². The van der Waals surface area contributed by atoms with E-state index >= 15 is 0 Å². The smallest absolute Gasteiger partial charge is 0.252 e. The lowest BCUT2D eigenvalue weighted by molar-refractivity contribution is -0.114. The molecule has 0 aliphatic heterocycles. The molecule has 1 atom stereocenters. The molecule has 178 valence electrons. The van der Waals surface area contributed by atoms with Gasteiger partial charge in [0.25, 0.3) is 5.13 Å². The van der Waals surface area contributed by atoms with Crippen LogP contribution in [0, 0.1) is 11.3 Å². The Labute approximate surface area is 197 Å². The first-order valence-electron chi connectivity index (χ1n) is 10.3. The summed E-state index contributed by atoms with van der Waals surface area (Å²) in [5.41, 5.74) is 1.69. The molecule has 11 nitrogen and oxygen atoms in total. The first-order valence-corrected chi connectivity index (χ1v) is 12.8. The van der Waals surface area contributed by atoms with Crippen molar-refractivity contribution in [2.75, 3.05) is 35.7 Å². The average Bonchev–Trinajstić information content (AvgIpc) is 3.26. The van der Waals surface area contributed by atoms with Crippen LogP contribution in [0.15, 0.2) is 32.8 Å². The van der Waals surface area contributed by atoms with Crippen molar-refractivity contribution >= 4 is 49.3 Å². The molecule has 1 heterocycles. The number of azo groups is 1. The van der Waals surface area contributed by atoms with Crippen molar-refractivity contribution < 1.29 is 17.9 Å². The van der Waals surface area contributed by atoms with Gasteiger partial charge in [0.15, 0.2) is 0 Å². The van der Waals surface area contributed by atoms with Gasteiger partial charge in [0, 0.05) is 25.2 Å². The van der Waals surface area contributed by atoms with Gasteiger partial charge in [0.1, 0.15) is 5.69 Å². The molecular formula is C20H27N7O4S2. The van der Waals surface area contributed by atoms with Crippen molar-refractivity contribution in [1.29, 1.82) is 5.26 Å². The number of amides is 1. The number of ether oxygens (including phenoxy) is 1. The van der Waals surface area contributed by atoms with Crippen molar-refractivity contribution in [1.82, 2.24) is 10.2 Å². The maximum Gasteiger partial charge on any atom is 0.252 e. The molecule has 2 aromatic rings. The van der Waals surface area contributed by atoms with E-state index in [1.165, 1.54) is 13.8 Å². The average molecular weight is 494 g/mol. The van der Waals surface area contributed by atoms with Gasteiger partial charge < -0.3 is 15.0 Å². The zero-order valence-corrected chi connectivity index (χ0v) is 20.6. The SMILES string of the molecule is CCN(c1ccc(N=Nc2nnc(S(=O)(=O)CC)s2)c(NC(C)=O)c1)C(C)COCCC#N. The molecule has 2 rings (SSSR count). The predicted octanol–water partition coefficient (Wildman–Crippen LogP) is 3.85. The highest BCUT2D eigenvalue weighted by Crippen LogP contribution is 2.33. The van der Waals surface area contributed by atoms with Crippen LogP contribution in [-0.2, 0) is 19.4 Å². The third kappa shape index (κ3) is 7.55. The Bertz CT molecular complexity index is 1130. The Morgan fingerprint density at radius 2 is 2.09 bits per heavy atom. The number of carbonyl (C=O) groups excluding carboxylic acids is 1. The number of anilines is 2. The lowest BCUT2D eigenvalue weighted by Crippen LogP contribution is -2.36. The first-order chi connectivity index (χ1) is 15.7. The van der Waals surface area contributed by atoms with Crippen LogP contribution in [0.3, 0.4) is 0 Å². The number of nitrogens with one attached hydrogen (secondary N) is 1. The van der Waals surface area contributed by atoms with Gasteiger partial charge in [-0.2, -0.15) is 5.26 Å². The van der Waals surface area contributed by atoms with Crippen LogP contribution in [0.25, 0.3) is 0 Å². The number of benzene rings is 1. The molecule has 1 N–H and O–H groups in total. The van der Waals surface area contributed by atoms with Crippen LogP contribution in [0.2, 0.25) is 0 Å². The molecule has 0 bridgehead atoms. The standard InChI is InChI=1S/C20H27N7O4S2/c1-5-27(14(3)13-31-11-7-10-21)16-8-9-17(18(12-16)22-15(4)28)23-24-19-25-26-20(32-19)33(29,30)6-2/h8-9,12,14H,5-7,11,13H2,1-4H3,(H,22,28). The molecule has 13 heteroatoms. The minimum Gasteiger partial charge on any atom is -0.378 e. The van der Waals surface area contributed by atoms with Gasteiger partial charge >= 0.3 is 0 Å². The van der Waals surface area contributed by atoms with Crippen LogP contribution in [0.5, 0.6) is 0 Å². The van der Waals surface area contributed by atoms with Gasteiger partial charge in [-0.1, -0.05) is 18.3 Å². The number of carbonyl (C=O) groups is 1. The number of hydrogen-bond donors (Lipinski definition) is 1. The molecule has 0 saturated carbocycles. The van der Waals surface area contributed by atoms with Crippen LogP contribution in [0.4, 0.5) is 22.2 Å². The molecule has 1 aromatic heterocycles. The molecule has 1 amide bonds. The van der Waals surface area contributed by atoms with Crippen molar-refractivity contribution in [2.45, 2.75) is 44.5 Å². The number of likely N-dealkylation sites (N-methyl/N-ethyl adjacent to an activating group) is 1. The molecule has 0 spiro atoms. The third-order valence-electron chi connectivity index (χ3n) is 4.50. The second-order valence-corrected chi connectivity index (χ2v) is 10.4. The van der Waals surface area contributed by atoms with Crippen LogP contribution in [0.1, 0.15) is 34.1 Å². The fourth-order valence-electron chi connectivity index (χ4n) is 2.88. The van der Waals surface area contributed by atoms with Gasteiger partial charge in [-0.25, -0.2) is 8.42 Å². The summed E-state index contributed by atoms with van der Waals surface area (Å²) < 4.78 is 29.3. The third-order valence-corrected chi connectivity index (χ3v) is 7.49. The first kappa shape index (κ1) is 26.3. The fourth-order valence-corrected chi connectivity index (χ4v) is 4.78. The minimum absolute atomic E-state index is 0.0340. The minimum atomic E-state index is -3.47. The van der Waals surface area contributed by atoms with E-state index in [0.29, 0.717) is 37.6 Å². The highest BCUT2D eigenvalue weighted by Gasteiger charge is 2.18. The highest BCUT2D eigenvalue weighted by atomic mass is 32.2. The number of nitriles is 1. The van der Waals surface area contributed by atoms with E-state index in [9.17, 15) is 13.2 Å². The quantitative estimate of drug-likeness (QED) is 0.346. The Kier molecular flexibility index (Phi) is 9.83. The Hall–Kier alpha value is -2.95. The van der Waals surface area contributed by atoms with Crippen molar-refractivity contribution in [3.8, 4) is 6.07 Å². The number of nitrogens with zero attached hydrogens (tertiary/aromatic N) is 6. The number of aromatic nitrogens is 2. The van der Waals surface area contributed by atoms with E-state index in [4.69, 9.17) is 10.00 Å². The summed E-state index contributed by atoms with van der Waals surface area (Å²) in [6, 6.07) is 7.43. The summed E-state index contributed by atoms with van der Waals surface area (Å²) in [6.07, 6.45) is 0.339. The molecule has 0 aliphatic rings. The summed E-state index contributed by atoms with van der Waals surface area (Å²) in [5.74, 6) is -0.352. The summed E-state index contributed by atoms with van der Waals surface area (Å²) in [5, 5.41) is 27.0. The summed E-state index contributed by atoms with van der Waals surface area (Å²) >= 11 is 0.830. The Balaban J connectivity index is 2.27. The van der Waals surface area contributed by atoms with Crippen LogP contribution >= 0.6 is 11.3 Å². The summed E-state index contributed by atoms with van der Waals surface area (Å²) in [6.45, 7) is 8.46. The highest BCUT2D eigenvalue weighted by molar-refractivity contribution is 7.93. The molecule has 0 aliphatic carbocycles. The monoisotopic (exact) mass is 493 g/mol. The molecule has 1 aromatic carbocycles. The zero-order chi connectivity index (χ0) is 24.4. The zero-order valence-electron chi connectivity index (χ0n) is 19.0. The van der Waals surface area contributed by atoms with E-state index in [1.54, 1.807) is 12.1 Å². The summed E-state index contributed by atoms with van der Waals surface area (Å²) in [7, 11) is -3.47. The topological polar surface area (TPSA) is 150 Å². The van der Waals surface area contributed by atoms with Crippen molar-refractivity contribution in [3.63, 3.8) is 0 Å². The van der Waals surface area contributed by atoms with E-state index in [0.717, 1.165) is 17.0 Å². The van der Waals surface area contributed by atoms with E-state index in [2.05, 4.69) is 30.6 Å². The maximum absolute atomic E-state index is 11.9. The number of sulfone groups is 1. The normalized spacial score (nSPS) is 12.5. The molecule has 33 heavy (non-hydrogen) atoms. The molecule has 0 radical (unpaired) electrons. The molecule has 0 fully saturated rings. The molecule has 0 saturated heterocycles. The summed E-state index contributed by atoms with van der Waals surface area (Å²) in [4.78, 5) is 13.8. The van der Waals surface area contributed by atoms with E-state index < -0.39 is 9.84 Å². The van der Waals surface area contributed by atoms with Crippen LogP contribution in [-0.4, -0.2) is 56.1 Å². The van der Waals surface area contributed by atoms with Gasteiger partial charge in [-0.15, -0.1) is 20.4 Å². The molecule has 1 unspecified atom stereocenters. The lowest BCUT2D eigenvalue weighted by Gasteiger charge is -2.30. The van der Waals surface area contributed by atoms with Crippen LogP contribution < -0.4 is 10.2 Å². The fraction of sp³-hybridized carbons (Fsp3) is 0.500. The van der Waals surface area contributed by atoms with E-state index in [-0.39, 0.29) is 27.2 Å². The molecular weight excluding hydrogens is 466 g/mol. The number of hydrogen-bond acceptors (Lipinski definition) is 11.